The van der Waals surface area contributed by atoms with Gasteiger partial charge < -0.3 is 4.74 Å². The zero-order valence-corrected chi connectivity index (χ0v) is 8.81. The molecule has 0 bridgehead atoms. The van der Waals surface area contributed by atoms with Gasteiger partial charge in [0.25, 0.3) is 0 Å². The number of hydrogen-bond donors (Lipinski definition) is 0. The molecule has 0 spiro atoms. The molecule has 1 aliphatic carbocycles. The Bertz CT molecular complexity index is 366. The van der Waals surface area contributed by atoms with Gasteiger partial charge >= 0.3 is 0 Å². The molecule has 3 nitrogen and oxygen atoms in total. The van der Waals surface area contributed by atoms with Crippen molar-refractivity contribution in [2.24, 2.45) is 5.92 Å². The Kier molecular flexibility index (Phi) is 2.98. The second-order valence-electron chi connectivity index (χ2n) is 3.86. The highest BCUT2D eigenvalue weighted by Crippen LogP contribution is 2.36. The number of aromatic nitrogens is 1. The van der Waals surface area contributed by atoms with Crippen molar-refractivity contribution in [1.82, 2.24) is 4.98 Å². The average Bonchev–Trinajstić information content (AvgIpc) is 2.98. The molecule has 1 aromatic rings. The first-order valence-corrected chi connectivity index (χ1v) is 5.30. The van der Waals surface area contributed by atoms with Crippen LogP contribution in [-0.4, -0.2) is 17.7 Å². The third-order valence-electron chi connectivity index (χ3n) is 2.68. The van der Waals surface area contributed by atoms with Crippen molar-refractivity contribution in [2.75, 3.05) is 6.61 Å². The number of ether oxygens (including phenoxy) is 1. The summed E-state index contributed by atoms with van der Waals surface area (Å²) >= 11 is 0. The van der Waals surface area contributed by atoms with Crippen molar-refractivity contribution < 1.29 is 4.74 Å². The van der Waals surface area contributed by atoms with E-state index in [4.69, 9.17) is 10.00 Å². The van der Waals surface area contributed by atoms with Gasteiger partial charge in [0.05, 0.1) is 6.10 Å². The van der Waals surface area contributed by atoms with E-state index in [1.165, 1.54) is 5.56 Å². The van der Waals surface area contributed by atoms with Crippen molar-refractivity contribution in [3.8, 4) is 6.07 Å². The lowest BCUT2D eigenvalue weighted by molar-refractivity contribution is 0.121. The topological polar surface area (TPSA) is 45.9 Å². The number of pyridine rings is 1. The van der Waals surface area contributed by atoms with E-state index in [2.05, 4.69) is 4.98 Å². The average molecular weight is 202 g/mol. The first kappa shape index (κ1) is 10.1. The first-order chi connectivity index (χ1) is 7.33. The minimum atomic E-state index is 0.450. The molecule has 1 aromatic heterocycles. The maximum atomic E-state index is 8.60. The fourth-order valence-electron chi connectivity index (χ4n) is 1.77. The van der Waals surface area contributed by atoms with Crippen LogP contribution in [0, 0.1) is 17.2 Å². The van der Waals surface area contributed by atoms with Crippen LogP contribution in [0.25, 0.3) is 0 Å². The molecular weight excluding hydrogens is 188 g/mol. The van der Waals surface area contributed by atoms with Crippen molar-refractivity contribution >= 4 is 0 Å². The minimum Gasteiger partial charge on any atom is -0.378 e. The third-order valence-corrected chi connectivity index (χ3v) is 2.68. The molecule has 0 N–H and O–H groups in total. The highest BCUT2D eigenvalue weighted by atomic mass is 16.5. The van der Waals surface area contributed by atoms with Gasteiger partial charge in [-0.2, -0.15) is 5.26 Å². The second kappa shape index (κ2) is 4.41. The van der Waals surface area contributed by atoms with Crippen LogP contribution in [0.15, 0.2) is 18.3 Å². The molecule has 1 saturated carbocycles. The Morgan fingerprint density at radius 3 is 3.07 bits per heavy atom. The lowest BCUT2D eigenvalue weighted by Crippen LogP contribution is -1.99. The number of rotatable bonds is 4. The van der Waals surface area contributed by atoms with Crippen LogP contribution in [0.2, 0.25) is 0 Å². The summed E-state index contributed by atoms with van der Waals surface area (Å²) in [7, 11) is 0. The van der Waals surface area contributed by atoms with Crippen LogP contribution in [0.5, 0.6) is 0 Å². The summed E-state index contributed by atoms with van der Waals surface area (Å²) < 4.78 is 5.51. The highest BCUT2D eigenvalue weighted by molar-refractivity contribution is 5.23. The molecule has 1 heterocycles. The molecule has 0 aromatic carbocycles. The summed E-state index contributed by atoms with van der Waals surface area (Å²) in [5.74, 6) is 0.652. The van der Waals surface area contributed by atoms with Crippen molar-refractivity contribution in [2.45, 2.75) is 25.9 Å². The van der Waals surface area contributed by atoms with Gasteiger partial charge in [0.15, 0.2) is 0 Å². The lowest BCUT2D eigenvalue weighted by Gasteiger charge is -2.00. The van der Waals surface area contributed by atoms with E-state index in [0.717, 1.165) is 19.4 Å². The summed E-state index contributed by atoms with van der Waals surface area (Å²) in [4.78, 5) is 4.05. The molecule has 3 heteroatoms. The highest BCUT2D eigenvalue weighted by Gasteiger charge is 2.37. The maximum Gasteiger partial charge on any atom is 0.140 e. The molecule has 1 aliphatic rings. The second-order valence-corrected chi connectivity index (χ2v) is 3.86. The molecule has 1 fully saturated rings. The molecule has 0 amide bonds. The SMILES string of the molecule is CCOC1CC1Cc1ccc(C#N)nc1. The molecule has 78 valence electrons. The number of nitrogens with zero attached hydrogens (tertiary/aromatic N) is 2. The molecule has 2 atom stereocenters. The standard InChI is InChI=1S/C12H14N2O/c1-2-15-12-6-10(12)5-9-3-4-11(7-13)14-8-9/h3-4,8,10,12H,2,5-6H2,1H3. The predicted molar refractivity (Wildman–Crippen MR) is 56.2 cm³/mol. The van der Waals surface area contributed by atoms with Crippen LogP contribution in [0.1, 0.15) is 24.6 Å². The van der Waals surface area contributed by atoms with Gasteiger partial charge in [0.1, 0.15) is 11.8 Å². The van der Waals surface area contributed by atoms with Crippen LogP contribution in [-0.2, 0) is 11.2 Å². The van der Waals surface area contributed by atoms with Gasteiger partial charge in [0.2, 0.25) is 0 Å². The number of nitriles is 1. The summed E-state index contributed by atoms with van der Waals surface area (Å²) in [6.07, 6.45) is 4.42. The fraction of sp³-hybridized carbons (Fsp3) is 0.500. The molecule has 0 aliphatic heterocycles. The van der Waals surface area contributed by atoms with E-state index < -0.39 is 0 Å². The zero-order valence-electron chi connectivity index (χ0n) is 8.81. The minimum absolute atomic E-state index is 0.450. The van der Waals surface area contributed by atoms with Gasteiger partial charge in [-0.3, -0.25) is 0 Å². The van der Waals surface area contributed by atoms with Gasteiger partial charge in [-0.1, -0.05) is 6.07 Å². The molecular formula is C12H14N2O. The maximum absolute atomic E-state index is 8.60. The summed E-state index contributed by atoms with van der Waals surface area (Å²) in [5.41, 5.74) is 1.68. The van der Waals surface area contributed by atoms with Crippen molar-refractivity contribution in [1.29, 1.82) is 5.26 Å². The van der Waals surface area contributed by atoms with Gasteiger partial charge in [-0.25, -0.2) is 4.98 Å². The Morgan fingerprint density at radius 2 is 2.47 bits per heavy atom. The Hall–Kier alpha value is -1.40. The Labute approximate surface area is 89.7 Å². The van der Waals surface area contributed by atoms with E-state index in [0.29, 0.717) is 17.7 Å². The van der Waals surface area contributed by atoms with Crippen LogP contribution in [0.4, 0.5) is 0 Å². The van der Waals surface area contributed by atoms with Gasteiger partial charge in [0, 0.05) is 12.8 Å². The van der Waals surface area contributed by atoms with Crippen LogP contribution in [0.3, 0.4) is 0 Å². The molecule has 2 rings (SSSR count). The van der Waals surface area contributed by atoms with Crippen molar-refractivity contribution in [3.63, 3.8) is 0 Å². The van der Waals surface area contributed by atoms with E-state index in [9.17, 15) is 0 Å². The molecule has 15 heavy (non-hydrogen) atoms. The lowest BCUT2D eigenvalue weighted by atomic mass is 10.1. The van der Waals surface area contributed by atoms with Crippen LogP contribution < -0.4 is 0 Å². The van der Waals surface area contributed by atoms with E-state index in [1.54, 1.807) is 12.3 Å². The zero-order chi connectivity index (χ0) is 10.7. The van der Waals surface area contributed by atoms with Gasteiger partial charge in [-0.05, 0) is 37.3 Å². The first-order valence-electron chi connectivity index (χ1n) is 5.30. The van der Waals surface area contributed by atoms with Gasteiger partial charge in [-0.15, -0.1) is 0 Å². The summed E-state index contributed by atoms with van der Waals surface area (Å²) in [6.45, 7) is 2.82. The largest absolute Gasteiger partial charge is 0.378 e. The summed E-state index contributed by atoms with van der Waals surface area (Å²) in [6, 6.07) is 5.77. The molecule has 0 radical (unpaired) electrons. The summed E-state index contributed by atoms with van der Waals surface area (Å²) in [5, 5.41) is 8.60. The normalized spacial score (nSPS) is 23.5. The van der Waals surface area contributed by atoms with Crippen molar-refractivity contribution in [3.05, 3.63) is 29.6 Å². The predicted octanol–water partition coefficient (Wildman–Crippen LogP) is 1.92. The quantitative estimate of drug-likeness (QED) is 0.749. The number of hydrogen-bond acceptors (Lipinski definition) is 3. The third kappa shape index (κ3) is 2.54. The van der Waals surface area contributed by atoms with E-state index >= 15 is 0 Å². The smallest absolute Gasteiger partial charge is 0.140 e. The fourth-order valence-corrected chi connectivity index (χ4v) is 1.77. The molecule has 0 saturated heterocycles. The van der Waals surface area contributed by atoms with Crippen LogP contribution >= 0.6 is 0 Å². The Morgan fingerprint density at radius 1 is 1.60 bits per heavy atom. The molecule has 2 unspecified atom stereocenters. The van der Waals surface area contributed by atoms with E-state index in [-0.39, 0.29) is 0 Å². The monoisotopic (exact) mass is 202 g/mol. The Balaban J connectivity index is 1.88. The van der Waals surface area contributed by atoms with E-state index in [1.807, 2.05) is 19.1 Å².